The summed E-state index contributed by atoms with van der Waals surface area (Å²) in [5, 5.41) is 8.64. The molecule has 4 heteroatoms. The van der Waals surface area contributed by atoms with Gasteiger partial charge in [0.25, 0.3) is 0 Å². The lowest BCUT2D eigenvalue weighted by atomic mass is 10.1. The van der Waals surface area contributed by atoms with E-state index in [-0.39, 0.29) is 11.9 Å². The van der Waals surface area contributed by atoms with Crippen LogP contribution in [0.25, 0.3) is 0 Å². The van der Waals surface area contributed by atoms with Crippen LogP contribution in [0.2, 0.25) is 0 Å². The Bertz CT molecular complexity index is 457. The van der Waals surface area contributed by atoms with Gasteiger partial charge in [0.1, 0.15) is 5.82 Å². The van der Waals surface area contributed by atoms with Gasteiger partial charge in [0, 0.05) is 24.2 Å². The molecule has 0 heterocycles. The smallest absolute Gasteiger partial charge is 0.328 e. The minimum Gasteiger partial charge on any atom is -0.478 e. The number of hydrogen-bond acceptors (Lipinski definition) is 2. The van der Waals surface area contributed by atoms with E-state index in [1.54, 1.807) is 25.1 Å². The van der Waals surface area contributed by atoms with Crippen molar-refractivity contribution in [2.24, 2.45) is 0 Å². The summed E-state index contributed by atoms with van der Waals surface area (Å²) in [5.41, 5.74) is 1.34. The molecular weight excluding hydrogens is 233 g/mol. The Morgan fingerprint density at radius 1 is 1.50 bits per heavy atom. The van der Waals surface area contributed by atoms with Crippen LogP contribution in [0.4, 0.5) is 4.39 Å². The maximum atomic E-state index is 13.6. The quantitative estimate of drug-likeness (QED) is 0.818. The lowest BCUT2D eigenvalue weighted by molar-refractivity contribution is -0.131. The van der Waals surface area contributed by atoms with Gasteiger partial charge in [-0.3, -0.25) is 4.90 Å². The van der Waals surface area contributed by atoms with Crippen LogP contribution in [0.15, 0.2) is 35.9 Å². The van der Waals surface area contributed by atoms with E-state index in [1.165, 1.54) is 12.1 Å². The number of likely N-dealkylation sites (N-methyl/N-ethyl adjacent to an activating group) is 1. The van der Waals surface area contributed by atoms with Gasteiger partial charge in [0.15, 0.2) is 0 Å². The van der Waals surface area contributed by atoms with Gasteiger partial charge < -0.3 is 5.11 Å². The Morgan fingerprint density at radius 3 is 2.67 bits per heavy atom. The highest BCUT2D eigenvalue weighted by Gasteiger charge is 2.15. The van der Waals surface area contributed by atoms with Crippen molar-refractivity contribution in [1.82, 2.24) is 4.90 Å². The number of carboxylic acid groups (broad SMARTS) is 1. The second-order valence-electron chi connectivity index (χ2n) is 4.44. The van der Waals surface area contributed by atoms with Crippen molar-refractivity contribution in [2.45, 2.75) is 19.9 Å². The first-order valence-electron chi connectivity index (χ1n) is 5.76. The molecule has 0 aliphatic carbocycles. The Hall–Kier alpha value is -1.68. The van der Waals surface area contributed by atoms with Crippen LogP contribution >= 0.6 is 0 Å². The molecule has 0 amide bonds. The van der Waals surface area contributed by atoms with E-state index < -0.39 is 5.97 Å². The average Bonchev–Trinajstić information content (AvgIpc) is 2.27. The summed E-state index contributed by atoms with van der Waals surface area (Å²) in [4.78, 5) is 12.4. The number of nitrogens with zero attached hydrogens (tertiary/aromatic N) is 1. The number of halogens is 1. The average molecular weight is 251 g/mol. The molecule has 98 valence electrons. The molecule has 0 radical (unpaired) electrons. The van der Waals surface area contributed by atoms with Crippen molar-refractivity contribution in [3.8, 4) is 0 Å². The van der Waals surface area contributed by atoms with E-state index >= 15 is 0 Å². The predicted molar refractivity (Wildman–Crippen MR) is 68.8 cm³/mol. The standard InChI is InChI=1S/C14H18FNO2/c1-10(8-14(17)18)9-16(3)11(2)12-6-4-5-7-13(12)15/h4-8,11H,9H2,1-3H3,(H,17,18). The van der Waals surface area contributed by atoms with E-state index in [0.29, 0.717) is 12.1 Å². The van der Waals surface area contributed by atoms with Crippen LogP contribution in [-0.2, 0) is 4.79 Å². The van der Waals surface area contributed by atoms with Gasteiger partial charge in [-0.1, -0.05) is 23.8 Å². The fourth-order valence-electron chi connectivity index (χ4n) is 1.84. The molecule has 0 saturated carbocycles. The molecular formula is C14H18FNO2. The van der Waals surface area contributed by atoms with Crippen LogP contribution in [0.3, 0.4) is 0 Å². The summed E-state index contributed by atoms with van der Waals surface area (Å²) in [6.07, 6.45) is 1.17. The maximum absolute atomic E-state index is 13.6. The minimum absolute atomic E-state index is 0.108. The number of rotatable bonds is 5. The lowest BCUT2D eigenvalue weighted by Crippen LogP contribution is -2.25. The number of carbonyl (C=O) groups is 1. The van der Waals surface area contributed by atoms with Crippen molar-refractivity contribution in [3.63, 3.8) is 0 Å². The van der Waals surface area contributed by atoms with E-state index in [9.17, 15) is 9.18 Å². The highest BCUT2D eigenvalue weighted by Crippen LogP contribution is 2.21. The molecule has 3 nitrogen and oxygen atoms in total. The van der Waals surface area contributed by atoms with Crippen LogP contribution < -0.4 is 0 Å². The Labute approximate surface area is 107 Å². The van der Waals surface area contributed by atoms with Crippen LogP contribution in [0.5, 0.6) is 0 Å². The number of hydrogen-bond donors (Lipinski definition) is 1. The molecule has 1 aromatic carbocycles. The minimum atomic E-state index is -0.959. The molecule has 1 N–H and O–H groups in total. The largest absolute Gasteiger partial charge is 0.478 e. The van der Waals surface area contributed by atoms with Crippen molar-refractivity contribution >= 4 is 5.97 Å². The SMILES string of the molecule is CC(=CC(=O)O)CN(C)C(C)c1ccccc1F. The van der Waals surface area contributed by atoms with Gasteiger partial charge in [0.2, 0.25) is 0 Å². The van der Waals surface area contributed by atoms with Gasteiger partial charge >= 0.3 is 5.97 Å². The Balaban J connectivity index is 2.76. The molecule has 0 saturated heterocycles. The van der Waals surface area contributed by atoms with Crippen LogP contribution in [-0.4, -0.2) is 29.6 Å². The molecule has 1 unspecified atom stereocenters. The molecule has 0 aromatic heterocycles. The molecule has 18 heavy (non-hydrogen) atoms. The molecule has 0 spiro atoms. The summed E-state index contributed by atoms with van der Waals surface area (Å²) in [5.74, 6) is -1.20. The molecule has 1 aromatic rings. The molecule has 1 rings (SSSR count). The zero-order valence-corrected chi connectivity index (χ0v) is 10.9. The highest BCUT2D eigenvalue weighted by atomic mass is 19.1. The molecule has 0 aliphatic rings. The number of carboxylic acids is 1. The third-order valence-electron chi connectivity index (χ3n) is 2.89. The van der Waals surface area contributed by atoms with E-state index in [2.05, 4.69) is 0 Å². The Kier molecular flexibility index (Phi) is 5.04. The molecule has 0 bridgehead atoms. The van der Waals surface area contributed by atoms with Crippen LogP contribution in [0, 0.1) is 5.82 Å². The first kappa shape index (κ1) is 14.4. The second-order valence-corrected chi connectivity index (χ2v) is 4.44. The summed E-state index contributed by atoms with van der Waals surface area (Å²) in [7, 11) is 1.84. The van der Waals surface area contributed by atoms with Gasteiger partial charge in [-0.25, -0.2) is 9.18 Å². The number of benzene rings is 1. The summed E-state index contributed by atoms with van der Waals surface area (Å²) in [6.45, 7) is 4.13. The van der Waals surface area contributed by atoms with E-state index in [4.69, 9.17) is 5.11 Å². The van der Waals surface area contributed by atoms with E-state index in [1.807, 2.05) is 18.9 Å². The second kappa shape index (κ2) is 6.31. The number of aliphatic carboxylic acids is 1. The molecule has 0 aliphatic heterocycles. The lowest BCUT2D eigenvalue weighted by Gasteiger charge is -2.25. The Morgan fingerprint density at radius 2 is 2.11 bits per heavy atom. The van der Waals surface area contributed by atoms with Gasteiger partial charge in [0.05, 0.1) is 0 Å². The van der Waals surface area contributed by atoms with E-state index in [0.717, 1.165) is 5.57 Å². The third kappa shape index (κ3) is 3.96. The van der Waals surface area contributed by atoms with Gasteiger partial charge in [-0.15, -0.1) is 0 Å². The van der Waals surface area contributed by atoms with Crippen molar-refractivity contribution in [2.75, 3.05) is 13.6 Å². The van der Waals surface area contributed by atoms with Crippen molar-refractivity contribution in [1.29, 1.82) is 0 Å². The fraction of sp³-hybridized carbons (Fsp3) is 0.357. The first-order chi connectivity index (χ1) is 8.41. The fourth-order valence-corrected chi connectivity index (χ4v) is 1.84. The summed E-state index contributed by atoms with van der Waals surface area (Å²) < 4.78 is 13.6. The molecule has 1 atom stereocenters. The third-order valence-corrected chi connectivity index (χ3v) is 2.89. The first-order valence-corrected chi connectivity index (χ1v) is 5.76. The van der Waals surface area contributed by atoms with Crippen LogP contribution in [0.1, 0.15) is 25.5 Å². The van der Waals surface area contributed by atoms with Crippen molar-refractivity contribution in [3.05, 3.63) is 47.3 Å². The van der Waals surface area contributed by atoms with Gasteiger partial charge in [-0.2, -0.15) is 0 Å². The predicted octanol–water partition coefficient (Wildman–Crippen LogP) is 2.85. The molecule has 0 fully saturated rings. The zero-order chi connectivity index (χ0) is 13.7. The van der Waals surface area contributed by atoms with Crippen molar-refractivity contribution < 1.29 is 14.3 Å². The topological polar surface area (TPSA) is 40.5 Å². The summed E-state index contributed by atoms with van der Waals surface area (Å²) >= 11 is 0. The highest BCUT2D eigenvalue weighted by molar-refractivity contribution is 5.80. The van der Waals surface area contributed by atoms with Gasteiger partial charge in [-0.05, 0) is 27.0 Å². The summed E-state index contributed by atoms with van der Waals surface area (Å²) in [6, 6.07) is 6.51. The zero-order valence-electron chi connectivity index (χ0n) is 10.9. The maximum Gasteiger partial charge on any atom is 0.328 e. The monoisotopic (exact) mass is 251 g/mol. The normalized spacial score (nSPS) is 13.7.